The molecule has 1 nitrogen and oxygen atoms in total. The summed E-state index contributed by atoms with van der Waals surface area (Å²) in [6.45, 7) is 10.8. The molecule has 0 fully saturated rings. The van der Waals surface area contributed by atoms with Gasteiger partial charge in [-0.3, -0.25) is 0 Å². The van der Waals surface area contributed by atoms with Gasteiger partial charge in [0.25, 0.3) is 0 Å². The van der Waals surface area contributed by atoms with Crippen LogP contribution in [0.3, 0.4) is 0 Å². The summed E-state index contributed by atoms with van der Waals surface area (Å²) >= 11 is 0. The molecule has 0 aromatic rings. The van der Waals surface area contributed by atoms with Crippen molar-refractivity contribution in [2.75, 3.05) is 0 Å². The Morgan fingerprint density at radius 2 is 1.73 bits per heavy atom. The second-order valence-corrected chi connectivity index (χ2v) is 4.05. The Balaban J connectivity index is 4.42. The van der Waals surface area contributed by atoms with Crippen molar-refractivity contribution in [3.05, 3.63) is 11.3 Å². The second-order valence-electron chi connectivity index (χ2n) is 4.05. The molecule has 66 valence electrons. The highest BCUT2D eigenvalue weighted by Gasteiger charge is 2.20. The molecule has 2 N–H and O–H groups in total. The molecule has 0 heterocycles. The van der Waals surface area contributed by atoms with E-state index in [0.29, 0.717) is 0 Å². The Labute approximate surface area is 70.7 Å². The van der Waals surface area contributed by atoms with Gasteiger partial charge in [0.2, 0.25) is 0 Å². The highest BCUT2D eigenvalue weighted by molar-refractivity contribution is 5.13. The predicted molar refractivity (Wildman–Crippen MR) is 51.3 cm³/mol. The summed E-state index contributed by atoms with van der Waals surface area (Å²) < 4.78 is 0. The zero-order chi connectivity index (χ0) is 9.07. The largest absolute Gasteiger partial charge is 0.402 e. The van der Waals surface area contributed by atoms with Gasteiger partial charge in [-0.25, -0.2) is 0 Å². The van der Waals surface area contributed by atoms with E-state index < -0.39 is 0 Å². The van der Waals surface area contributed by atoms with Gasteiger partial charge in [0.05, 0.1) is 0 Å². The highest BCUT2D eigenvalue weighted by Crippen LogP contribution is 2.29. The number of nitrogens with two attached hydrogens (primary N) is 1. The Kier molecular flexibility index (Phi) is 3.64. The highest BCUT2D eigenvalue weighted by atomic mass is 14.6. The fourth-order valence-electron chi connectivity index (χ4n) is 1.44. The van der Waals surface area contributed by atoms with Crippen molar-refractivity contribution < 1.29 is 0 Å². The van der Waals surface area contributed by atoms with E-state index in [0.717, 1.165) is 5.70 Å². The van der Waals surface area contributed by atoms with Crippen LogP contribution < -0.4 is 5.73 Å². The lowest BCUT2D eigenvalue weighted by atomic mass is 9.83. The van der Waals surface area contributed by atoms with Crippen LogP contribution in [0, 0.1) is 5.41 Å². The first-order valence-electron chi connectivity index (χ1n) is 4.35. The molecule has 0 unspecified atom stereocenters. The molecule has 0 rings (SSSR count). The third-order valence-electron chi connectivity index (χ3n) is 2.14. The molecular weight excluding hydrogens is 134 g/mol. The average molecular weight is 155 g/mol. The van der Waals surface area contributed by atoms with Crippen LogP contribution in [-0.2, 0) is 0 Å². The van der Waals surface area contributed by atoms with E-state index in [-0.39, 0.29) is 5.41 Å². The Bertz CT molecular complexity index is 150. The summed E-state index contributed by atoms with van der Waals surface area (Å²) in [5.41, 5.74) is 8.46. The second kappa shape index (κ2) is 3.80. The average Bonchev–Trinajstić information content (AvgIpc) is 1.86. The molecule has 0 radical (unpaired) electrons. The van der Waals surface area contributed by atoms with Crippen molar-refractivity contribution in [3.8, 4) is 0 Å². The lowest BCUT2D eigenvalue weighted by Gasteiger charge is -2.26. The first-order valence-corrected chi connectivity index (χ1v) is 4.35. The van der Waals surface area contributed by atoms with E-state index in [9.17, 15) is 0 Å². The van der Waals surface area contributed by atoms with Crippen LogP contribution >= 0.6 is 0 Å². The fourth-order valence-corrected chi connectivity index (χ4v) is 1.44. The lowest BCUT2D eigenvalue weighted by molar-refractivity contribution is 0.394. The van der Waals surface area contributed by atoms with Crippen molar-refractivity contribution >= 4 is 0 Å². The maximum Gasteiger partial charge on any atom is 0.0124 e. The van der Waals surface area contributed by atoms with Crippen molar-refractivity contribution in [2.45, 2.75) is 47.5 Å². The topological polar surface area (TPSA) is 26.0 Å². The molecule has 1 heteroatoms. The van der Waals surface area contributed by atoms with Gasteiger partial charge in [-0.15, -0.1) is 0 Å². The first kappa shape index (κ1) is 10.5. The molecule has 0 bridgehead atoms. The molecule has 0 aliphatic carbocycles. The number of hydrogen-bond donors (Lipinski definition) is 1. The van der Waals surface area contributed by atoms with E-state index in [2.05, 4.69) is 34.6 Å². The van der Waals surface area contributed by atoms with Crippen LogP contribution in [0.5, 0.6) is 0 Å². The molecular formula is C10H21N. The normalized spacial score (nSPS) is 11.4. The fraction of sp³-hybridized carbons (Fsp3) is 0.800. The van der Waals surface area contributed by atoms with Gasteiger partial charge in [-0.1, -0.05) is 32.8 Å². The summed E-state index contributed by atoms with van der Waals surface area (Å²) in [5.74, 6) is 0. The van der Waals surface area contributed by atoms with Crippen molar-refractivity contribution in [1.82, 2.24) is 0 Å². The summed E-state index contributed by atoms with van der Waals surface area (Å²) in [6.07, 6.45) is 2.37. The lowest BCUT2D eigenvalue weighted by Crippen LogP contribution is -2.22. The smallest absolute Gasteiger partial charge is 0.0124 e. The van der Waals surface area contributed by atoms with Crippen LogP contribution in [0.25, 0.3) is 0 Å². The van der Waals surface area contributed by atoms with Crippen LogP contribution in [-0.4, -0.2) is 0 Å². The van der Waals surface area contributed by atoms with E-state index in [4.69, 9.17) is 5.73 Å². The predicted octanol–water partition coefficient (Wildman–Crippen LogP) is 3.07. The maximum atomic E-state index is 5.96. The minimum Gasteiger partial charge on any atom is -0.402 e. The monoisotopic (exact) mass is 155 g/mol. The number of hydrogen-bond acceptors (Lipinski definition) is 1. The van der Waals surface area contributed by atoms with Crippen LogP contribution in [0.15, 0.2) is 11.3 Å². The molecule has 0 saturated heterocycles. The maximum absolute atomic E-state index is 5.96. The Morgan fingerprint density at radius 3 is 2.00 bits per heavy atom. The van der Waals surface area contributed by atoms with Crippen LogP contribution in [0.4, 0.5) is 0 Å². The molecule has 0 atom stereocenters. The molecule has 0 saturated carbocycles. The van der Waals surface area contributed by atoms with E-state index in [1.54, 1.807) is 0 Å². The Morgan fingerprint density at radius 1 is 1.27 bits per heavy atom. The molecule has 0 aromatic heterocycles. The van der Waals surface area contributed by atoms with Gasteiger partial charge in [-0.2, -0.15) is 0 Å². The zero-order valence-corrected chi connectivity index (χ0v) is 8.49. The standard InChI is InChI=1S/C10H21N/c1-6-7-10(4,5)9(11)8(2)3/h6-7,11H2,1-5H3. The van der Waals surface area contributed by atoms with E-state index >= 15 is 0 Å². The minimum atomic E-state index is 0.188. The zero-order valence-electron chi connectivity index (χ0n) is 8.49. The van der Waals surface area contributed by atoms with Gasteiger partial charge < -0.3 is 5.73 Å². The van der Waals surface area contributed by atoms with Crippen LogP contribution in [0.1, 0.15) is 47.5 Å². The summed E-state index contributed by atoms with van der Waals surface area (Å²) in [7, 11) is 0. The van der Waals surface area contributed by atoms with Gasteiger partial charge in [-0.05, 0) is 20.3 Å². The molecule has 11 heavy (non-hydrogen) atoms. The van der Waals surface area contributed by atoms with E-state index in [1.807, 2.05) is 0 Å². The third-order valence-corrected chi connectivity index (χ3v) is 2.14. The van der Waals surface area contributed by atoms with Gasteiger partial charge in [0.15, 0.2) is 0 Å². The molecule has 0 aliphatic heterocycles. The molecule has 0 aromatic carbocycles. The van der Waals surface area contributed by atoms with Crippen molar-refractivity contribution in [3.63, 3.8) is 0 Å². The van der Waals surface area contributed by atoms with Crippen molar-refractivity contribution in [1.29, 1.82) is 0 Å². The number of rotatable bonds is 3. The van der Waals surface area contributed by atoms with Gasteiger partial charge >= 0.3 is 0 Å². The third kappa shape index (κ3) is 2.96. The van der Waals surface area contributed by atoms with Gasteiger partial charge in [0, 0.05) is 11.1 Å². The van der Waals surface area contributed by atoms with Crippen LogP contribution in [0.2, 0.25) is 0 Å². The Hall–Kier alpha value is -0.460. The molecule has 0 spiro atoms. The van der Waals surface area contributed by atoms with Crippen molar-refractivity contribution in [2.24, 2.45) is 11.1 Å². The summed E-state index contributed by atoms with van der Waals surface area (Å²) in [6, 6.07) is 0. The minimum absolute atomic E-state index is 0.188. The first-order chi connectivity index (χ1) is 4.91. The van der Waals surface area contributed by atoms with Gasteiger partial charge in [0.1, 0.15) is 0 Å². The summed E-state index contributed by atoms with van der Waals surface area (Å²) in [4.78, 5) is 0. The van der Waals surface area contributed by atoms with E-state index in [1.165, 1.54) is 18.4 Å². The number of allylic oxidation sites excluding steroid dienone is 2. The molecule has 0 amide bonds. The summed E-state index contributed by atoms with van der Waals surface area (Å²) in [5, 5.41) is 0. The quantitative estimate of drug-likeness (QED) is 0.666. The molecule has 0 aliphatic rings. The SMILES string of the molecule is CCCC(C)(C)C(N)=C(C)C.